The first kappa shape index (κ1) is 13.7. The smallest absolute Gasteiger partial charge is 0.240 e. The molecule has 0 spiro atoms. The molecule has 2 atom stereocenters. The molecule has 1 heterocycles. The van der Waals surface area contributed by atoms with Crippen LogP contribution in [0.5, 0.6) is 0 Å². The van der Waals surface area contributed by atoms with Gasteiger partial charge in [-0.15, -0.1) is 0 Å². The minimum atomic E-state index is -0.914. The summed E-state index contributed by atoms with van der Waals surface area (Å²) in [6.07, 6.45) is 1.33. The number of rotatable bonds is 5. The molecule has 1 aromatic heterocycles. The zero-order valence-corrected chi connectivity index (χ0v) is 11.3. The highest BCUT2D eigenvalue weighted by Crippen LogP contribution is 2.20. The lowest BCUT2D eigenvalue weighted by atomic mass is 9.88. The second-order valence-corrected chi connectivity index (χ2v) is 5.29. The molecule has 0 saturated carbocycles. The number of nitrogens with one attached hydrogen (secondary N) is 1. The van der Waals surface area contributed by atoms with Gasteiger partial charge in [-0.25, -0.2) is 0 Å². The van der Waals surface area contributed by atoms with E-state index in [4.69, 9.17) is 5.26 Å². The summed E-state index contributed by atoms with van der Waals surface area (Å²) in [5, 5.41) is 16.0. The van der Waals surface area contributed by atoms with Crippen LogP contribution in [0.25, 0.3) is 0 Å². The molecule has 1 amide bonds. The Morgan fingerprint density at radius 2 is 2.41 bits per heavy atom. The van der Waals surface area contributed by atoms with E-state index in [1.165, 1.54) is 5.56 Å². The first-order chi connectivity index (χ1) is 8.01. The van der Waals surface area contributed by atoms with Gasteiger partial charge in [0.2, 0.25) is 5.91 Å². The number of carbonyl (C=O) groups excluding carboxylic acids is 1. The number of amides is 1. The van der Waals surface area contributed by atoms with Crippen LogP contribution in [0.4, 0.5) is 0 Å². The third kappa shape index (κ3) is 3.57. The van der Waals surface area contributed by atoms with Crippen LogP contribution in [0.3, 0.4) is 0 Å². The first-order valence-corrected chi connectivity index (χ1v) is 6.69. The van der Waals surface area contributed by atoms with Crippen molar-refractivity contribution in [3.05, 3.63) is 22.4 Å². The molecule has 0 aliphatic rings. The van der Waals surface area contributed by atoms with Gasteiger partial charge in [0.1, 0.15) is 5.41 Å². The monoisotopic (exact) mass is 250 g/mol. The maximum Gasteiger partial charge on any atom is 0.240 e. The molecule has 0 bridgehead atoms. The number of carbonyl (C=O) groups is 1. The van der Waals surface area contributed by atoms with E-state index in [1.54, 1.807) is 18.3 Å². The average Bonchev–Trinajstić information content (AvgIpc) is 2.80. The summed E-state index contributed by atoms with van der Waals surface area (Å²) < 4.78 is 0. The molecule has 0 aliphatic heterocycles. The standard InChI is InChI=1S/C13H18N2OS/c1-4-13(3,9-14)12(16)15-10(2)7-11-5-6-17-8-11/h5-6,8,10H,4,7H2,1-3H3,(H,15,16). The van der Waals surface area contributed by atoms with Crippen LogP contribution >= 0.6 is 11.3 Å². The lowest BCUT2D eigenvalue weighted by Crippen LogP contribution is -2.43. The maximum atomic E-state index is 11.9. The lowest BCUT2D eigenvalue weighted by molar-refractivity contribution is -0.128. The Morgan fingerprint density at radius 1 is 1.71 bits per heavy atom. The molecular formula is C13H18N2OS. The molecule has 92 valence electrons. The van der Waals surface area contributed by atoms with Gasteiger partial charge in [0.05, 0.1) is 6.07 Å². The van der Waals surface area contributed by atoms with E-state index in [9.17, 15) is 4.79 Å². The quantitative estimate of drug-likeness (QED) is 0.873. The topological polar surface area (TPSA) is 52.9 Å². The highest BCUT2D eigenvalue weighted by molar-refractivity contribution is 7.07. The number of hydrogen-bond donors (Lipinski definition) is 1. The summed E-state index contributed by atoms with van der Waals surface area (Å²) in [6, 6.07) is 4.19. The van der Waals surface area contributed by atoms with Crippen molar-refractivity contribution in [1.82, 2.24) is 5.32 Å². The van der Waals surface area contributed by atoms with Gasteiger partial charge in [-0.2, -0.15) is 16.6 Å². The molecule has 1 aromatic rings. The third-order valence-electron chi connectivity index (χ3n) is 2.95. The molecule has 17 heavy (non-hydrogen) atoms. The molecule has 3 nitrogen and oxygen atoms in total. The fraction of sp³-hybridized carbons (Fsp3) is 0.538. The van der Waals surface area contributed by atoms with Crippen molar-refractivity contribution in [2.24, 2.45) is 5.41 Å². The lowest BCUT2D eigenvalue weighted by Gasteiger charge is -2.22. The zero-order valence-electron chi connectivity index (χ0n) is 10.5. The molecule has 2 unspecified atom stereocenters. The highest BCUT2D eigenvalue weighted by atomic mass is 32.1. The van der Waals surface area contributed by atoms with E-state index in [2.05, 4.69) is 22.8 Å². The molecule has 0 fully saturated rings. The second kappa shape index (κ2) is 5.83. The van der Waals surface area contributed by atoms with Gasteiger partial charge in [-0.05, 0) is 49.1 Å². The minimum Gasteiger partial charge on any atom is -0.352 e. The number of hydrogen-bond acceptors (Lipinski definition) is 3. The predicted molar refractivity (Wildman–Crippen MR) is 69.6 cm³/mol. The van der Waals surface area contributed by atoms with Crippen molar-refractivity contribution in [2.75, 3.05) is 0 Å². The normalized spacial score (nSPS) is 15.6. The first-order valence-electron chi connectivity index (χ1n) is 5.75. The molecule has 4 heteroatoms. The largest absolute Gasteiger partial charge is 0.352 e. The van der Waals surface area contributed by atoms with Gasteiger partial charge in [-0.3, -0.25) is 4.79 Å². The van der Waals surface area contributed by atoms with E-state index in [0.717, 1.165) is 6.42 Å². The van der Waals surface area contributed by atoms with Crippen LogP contribution in [0.1, 0.15) is 32.8 Å². The second-order valence-electron chi connectivity index (χ2n) is 4.51. The summed E-state index contributed by atoms with van der Waals surface area (Å²) >= 11 is 1.65. The minimum absolute atomic E-state index is 0.0522. The molecule has 0 radical (unpaired) electrons. The molecular weight excluding hydrogens is 232 g/mol. The van der Waals surface area contributed by atoms with E-state index in [1.807, 2.05) is 19.2 Å². The van der Waals surface area contributed by atoms with Gasteiger partial charge < -0.3 is 5.32 Å². The van der Waals surface area contributed by atoms with Gasteiger partial charge in [0.15, 0.2) is 0 Å². The fourth-order valence-electron chi connectivity index (χ4n) is 1.49. The van der Waals surface area contributed by atoms with Crippen molar-refractivity contribution in [3.8, 4) is 6.07 Å². The Balaban J connectivity index is 2.54. The van der Waals surface area contributed by atoms with Crippen molar-refractivity contribution >= 4 is 17.2 Å². The molecule has 0 saturated heterocycles. The van der Waals surface area contributed by atoms with Gasteiger partial charge >= 0.3 is 0 Å². The van der Waals surface area contributed by atoms with Crippen LogP contribution < -0.4 is 5.32 Å². The number of nitrogens with zero attached hydrogens (tertiary/aromatic N) is 1. The summed E-state index contributed by atoms with van der Waals surface area (Å²) in [5.41, 5.74) is 0.307. The Hall–Kier alpha value is -1.34. The Morgan fingerprint density at radius 3 is 2.88 bits per heavy atom. The van der Waals surface area contributed by atoms with Crippen molar-refractivity contribution in [1.29, 1.82) is 5.26 Å². The van der Waals surface area contributed by atoms with E-state index < -0.39 is 5.41 Å². The number of thiophene rings is 1. The summed E-state index contributed by atoms with van der Waals surface area (Å²) in [5.74, 6) is -0.176. The van der Waals surface area contributed by atoms with Gasteiger partial charge in [-0.1, -0.05) is 6.92 Å². The van der Waals surface area contributed by atoms with E-state index in [0.29, 0.717) is 6.42 Å². The Labute approximate surface area is 106 Å². The van der Waals surface area contributed by atoms with E-state index >= 15 is 0 Å². The summed E-state index contributed by atoms with van der Waals surface area (Å²) in [6.45, 7) is 5.50. The fourth-order valence-corrected chi connectivity index (χ4v) is 2.17. The van der Waals surface area contributed by atoms with Gasteiger partial charge in [0.25, 0.3) is 0 Å². The van der Waals surface area contributed by atoms with Crippen LogP contribution in [0.15, 0.2) is 16.8 Å². The molecule has 1 N–H and O–H groups in total. The van der Waals surface area contributed by atoms with Crippen LogP contribution in [0.2, 0.25) is 0 Å². The Bertz CT molecular complexity index is 408. The maximum absolute atomic E-state index is 11.9. The van der Waals surface area contributed by atoms with E-state index in [-0.39, 0.29) is 11.9 Å². The van der Waals surface area contributed by atoms with Crippen LogP contribution in [0, 0.1) is 16.7 Å². The van der Waals surface area contributed by atoms with Gasteiger partial charge in [0, 0.05) is 6.04 Å². The molecule has 0 aromatic carbocycles. The number of nitriles is 1. The predicted octanol–water partition coefficient (Wildman–Crippen LogP) is 2.74. The SMILES string of the molecule is CCC(C)(C#N)C(=O)NC(C)Cc1ccsc1. The average molecular weight is 250 g/mol. The Kier molecular flexibility index (Phi) is 4.71. The van der Waals surface area contributed by atoms with Crippen LogP contribution in [-0.4, -0.2) is 11.9 Å². The van der Waals surface area contributed by atoms with Crippen LogP contribution in [-0.2, 0) is 11.2 Å². The zero-order chi connectivity index (χ0) is 12.9. The summed E-state index contributed by atoms with van der Waals surface area (Å²) in [4.78, 5) is 11.9. The van der Waals surface area contributed by atoms with Crippen molar-refractivity contribution in [2.45, 2.75) is 39.7 Å². The van der Waals surface area contributed by atoms with Crippen molar-refractivity contribution < 1.29 is 4.79 Å². The van der Waals surface area contributed by atoms with Crippen molar-refractivity contribution in [3.63, 3.8) is 0 Å². The highest BCUT2D eigenvalue weighted by Gasteiger charge is 2.31. The third-order valence-corrected chi connectivity index (χ3v) is 3.69. The molecule has 1 rings (SSSR count). The molecule has 0 aliphatic carbocycles. The summed E-state index contributed by atoms with van der Waals surface area (Å²) in [7, 11) is 0.